The summed E-state index contributed by atoms with van der Waals surface area (Å²) < 4.78 is 33.3. The van der Waals surface area contributed by atoms with Crippen molar-refractivity contribution in [3.05, 3.63) is 59.7 Å². The van der Waals surface area contributed by atoms with Crippen LogP contribution in [0.5, 0.6) is 5.75 Å². The number of carbonyl (C=O) groups is 4. The topological polar surface area (TPSA) is 118 Å². The van der Waals surface area contributed by atoms with E-state index in [1.165, 1.54) is 62.4 Å². The summed E-state index contributed by atoms with van der Waals surface area (Å²) in [5.74, 6) is -2.11. The maximum Gasteiger partial charge on any atom is 0.308 e. The molecular formula is C24H20N2O7S. The summed E-state index contributed by atoms with van der Waals surface area (Å²) in [7, 11) is -4.44. The number of carbonyl (C=O) groups excluding carboxylic acids is 4. The first-order valence-electron chi connectivity index (χ1n) is 10.2. The van der Waals surface area contributed by atoms with Crippen LogP contribution in [0, 0.1) is 6.92 Å². The highest BCUT2D eigenvalue weighted by Gasteiger charge is 2.37. The molecule has 0 fully saturated rings. The maximum absolute atomic E-state index is 13.8. The van der Waals surface area contributed by atoms with Crippen LogP contribution in [-0.4, -0.2) is 32.1 Å². The zero-order valence-electron chi connectivity index (χ0n) is 18.8. The SMILES string of the molecule is CC(=O)Oc1ccc(N(C(C)=O)S(=O)(=O)c2ccc3c4c(cccc24)C(=O)N3C(C)=O)c(C)c1. The first-order chi connectivity index (χ1) is 15.9. The van der Waals surface area contributed by atoms with Crippen LogP contribution < -0.4 is 13.9 Å². The smallest absolute Gasteiger partial charge is 0.308 e. The molecule has 174 valence electrons. The molecule has 0 spiro atoms. The second-order valence-corrected chi connectivity index (χ2v) is 9.56. The van der Waals surface area contributed by atoms with E-state index in [0.717, 1.165) is 11.8 Å². The third-order valence-corrected chi connectivity index (χ3v) is 7.27. The summed E-state index contributed by atoms with van der Waals surface area (Å²) in [6.45, 7) is 5.20. The Balaban J connectivity index is 1.92. The number of hydrogen-bond acceptors (Lipinski definition) is 7. The molecule has 0 aromatic heterocycles. The molecule has 9 nitrogen and oxygen atoms in total. The summed E-state index contributed by atoms with van der Waals surface area (Å²) in [4.78, 5) is 49.5. The van der Waals surface area contributed by atoms with Gasteiger partial charge >= 0.3 is 5.97 Å². The molecule has 0 aliphatic carbocycles. The number of sulfonamides is 1. The monoisotopic (exact) mass is 480 g/mol. The van der Waals surface area contributed by atoms with Crippen LogP contribution in [0.2, 0.25) is 0 Å². The largest absolute Gasteiger partial charge is 0.427 e. The summed E-state index contributed by atoms with van der Waals surface area (Å²) in [5.41, 5.74) is 0.976. The Hall–Kier alpha value is -4.05. The minimum Gasteiger partial charge on any atom is -0.427 e. The number of ether oxygens (including phenoxy) is 1. The molecule has 3 aromatic rings. The van der Waals surface area contributed by atoms with E-state index in [1.54, 1.807) is 6.92 Å². The summed E-state index contributed by atoms with van der Waals surface area (Å²) >= 11 is 0. The van der Waals surface area contributed by atoms with Gasteiger partial charge in [0, 0.05) is 31.5 Å². The Bertz CT molecular complexity index is 1530. The van der Waals surface area contributed by atoms with Gasteiger partial charge in [-0.25, -0.2) is 17.6 Å². The molecular weight excluding hydrogens is 460 g/mol. The zero-order chi connectivity index (χ0) is 24.9. The molecule has 0 saturated carbocycles. The summed E-state index contributed by atoms with van der Waals surface area (Å²) in [6.07, 6.45) is 0. The number of anilines is 2. The van der Waals surface area contributed by atoms with E-state index < -0.39 is 33.7 Å². The van der Waals surface area contributed by atoms with Crippen LogP contribution >= 0.6 is 0 Å². The van der Waals surface area contributed by atoms with Gasteiger partial charge in [0.15, 0.2) is 0 Å². The van der Waals surface area contributed by atoms with E-state index in [9.17, 15) is 27.6 Å². The highest BCUT2D eigenvalue weighted by molar-refractivity contribution is 7.93. The highest BCUT2D eigenvalue weighted by atomic mass is 32.2. The molecule has 3 amide bonds. The van der Waals surface area contributed by atoms with Gasteiger partial charge in [0.05, 0.1) is 21.8 Å². The lowest BCUT2D eigenvalue weighted by molar-refractivity contribution is -0.132. The van der Waals surface area contributed by atoms with Crippen LogP contribution in [0.1, 0.15) is 36.7 Å². The Morgan fingerprint density at radius 1 is 0.971 bits per heavy atom. The number of hydrogen-bond donors (Lipinski definition) is 0. The lowest BCUT2D eigenvalue weighted by Crippen LogP contribution is -2.36. The van der Waals surface area contributed by atoms with E-state index in [0.29, 0.717) is 20.9 Å². The zero-order valence-corrected chi connectivity index (χ0v) is 19.6. The minimum absolute atomic E-state index is 0.0908. The van der Waals surface area contributed by atoms with Crippen molar-refractivity contribution in [1.82, 2.24) is 0 Å². The van der Waals surface area contributed by atoms with Gasteiger partial charge in [0.1, 0.15) is 5.75 Å². The number of aryl methyl sites for hydroxylation is 1. The Kier molecular flexibility index (Phi) is 5.49. The summed E-state index contributed by atoms with van der Waals surface area (Å²) in [5, 5.41) is 0.543. The van der Waals surface area contributed by atoms with E-state index in [-0.39, 0.29) is 27.3 Å². The molecule has 0 N–H and O–H groups in total. The molecule has 3 aromatic carbocycles. The van der Waals surface area contributed by atoms with Crippen molar-refractivity contribution in [2.45, 2.75) is 32.6 Å². The average Bonchev–Trinajstić information content (AvgIpc) is 3.03. The fourth-order valence-corrected chi connectivity index (χ4v) is 5.83. The fraction of sp³-hybridized carbons (Fsp3) is 0.167. The number of benzene rings is 3. The standard InChI is InChI=1S/C24H20N2O7S/c1-13-12-17(33-16(4)29)8-9-20(13)26(15(3)28)34(31,32)22-11-10-21-23-18(22)6-5-7-19(23)24(30)25(21)14(2)27/h5-12H,1-4H3. The van der Waals surface area contributed by atoms with Crippen LogP contribution in [0.4, 0.5) is 11.4 Å². The second kappa shape index (κ2) is 8.07. The third-order valence-electron chi connectivity index (χ3n) is 5.42. The first-order valence-corrected chi connectivity index (χ1v) is 11.6. The first kappa shape index (κ1) is 23.1. The fourth-order valence-electron chi connectivity index (χ4n) is 4.15. The van der Waals surface area contributed by atoms with Crippen molar-refractivity contribution in [2.24, 2.45) is 0 Å². The molecule has 0 atom stereocenters. The van der Waals surface area contributed by atoms with E-state index in [4.69, 9.17) is 4.74 Å². The molecule has 10 heteroatoms. The third kappa shape index (κ3) is 3.52. The van der Waals surface area contributed by atoms with Crippen molar-refractivity contribution < 1.29 is 32.3 Å². The number of rotatable bonds is 4. The van der Waals surface area contributed by atoms with Crippen molar-refractivity contribution in [2.75, 3.05) is 9.21 Å². The molecule has 34 heavy (non-hydrogen) atoms. The summed E-state index contributed by atoms with van der Waals surface area (Å²) in [6, 6.07) is 11.5. The van der Waals surface area contributed by atoms with Gasteiger partial charge in [-0.2, -0.15) is 0 Å². The second-order valence-electron chi connectivity index (χ2n) is 7.80. The lowest BCUT2D eigenvalue weighted by atomic mass is 10.1. The highest BCUT2D eigenvalue weighted by Crippen LogP contribution is 2.41. The number of esters is 1. The molecule has 0 saturated heterocycles. The van der Waals surface area contributed by atoms with Crippen molar-refractivity contribution >= 4 is 55.9 Å². The predicted octanol–water partition coefficient (Wildman–Crippen LogP) is 3.32. The number of nitrogens with zero attached hydrogens (tertiary/aromatic N) is 2. The van der Waals surface area contributed by atoms with Gasteiger partial charge in [-0.3, -0.25) is 19.2 Å². The van der Waals surface area contributed by atoms with Gasteiger partial charge in [-0.15, -0.1) is 0 Å². The van der Waals surface area contributed by atoms with Gasteiger partial charge < -0.3 is 4.74 Å². The number of imide groups is 1. The molecule has 0 bridgehead atoms. The van der Waals surface area contributed by atoms with Crippen molar-refractivity contribution in [3.63, 3.8) is 0 Å². The molecule has 1 aliphatic rings. The maximum atomic E-state index is 13.8. The minimum atomic E-state index is -4.44. The van der Waals surface area contributed by atoms with E-state index >= 15 is 0 Å². The molecule has 1 aliphatic heterocycles. The average molecular weight is 480 g/mol. The van der Waals surface area contributed by atoms with Crippen LogP contribution in [-0.2, 0) is 24.4 Å². The molecule has 0 unspecified atom stereocenters. The lowest BCUT2D eigenvalue weighted by Gasteiger charge is -2.24. The normalized spacial score (nSPS) is 12.7. The van der Waals surface area contributed by atoms with Crippen molar-refractivity contribution in [3.8, 4) is 5.75 Å². The Labute approximate surface area is 195 Å². The van der Waals surface area contributed by atoms with Crippen LogP contribution in [0.3, 0.4) is 0 Å². The predicted molar refractivity (Wildman–Crippen MR) is 124 cm³/mol. The van der Waals surface area contributed by atoms with Gasteiger partial charge in [0.2, 0.25) is 11.8 Å². The van der Waals surface area contributed by atoms with Crippen molar-refractivity contribution in [1.29, 1.82) is 0 Å². The van der Waals surface area contributed by atoms with E-state index in [2.05, 4.69) is 0 Å². The van der Waals surface area contributed by atoms with Crippen LogP contribution in [0.15, 0.2) is 53.4 Å². The Morgan fingerprint density at radius 2 is 1.68 bits per heavy atom. The molecule has 4 rings (SSSR count). The molecule has 1 heterocycles. The molecule has 0 radical (unpaired) electrons. The Morgan fingerprint density at radius 3 is 2.26 bits per heavy atom. The van der Waals surface area contributed by atoms with Gasteiger partial charge in [-0.1, -0.05) is 12.1 Å². The van der Waals surface area contributed by atoms with E-state index in [1.807, 2.05) is 0 Å². The number of amides is 3. The van der Waals surface area contributed by atoms with Crippen LogP contribution in [0.25, 0.3) is 10.8 Å². The quantitative estimate of drug-likeness (QED) is 0.415. The van der Waals surface area contributed by atoms with Gasteiger partial charge in [-0.05, 0) is 48.9 Å². The van der Waals surface area contributed by atoms with Gasteiger partial charge in [0.25, 0.3) is 15.9 Å².